The van der Waals surface area contributed by atoms with E-state index in [4.69, 9.17) is 0 Å². The van der Waals surface area contributed by atoms with E-state index in [9.17, 15) is 4.79 Å². The maximum atomic E-state index is 12.5. The summed E-state index contributed by atoms with van der Waals surface area (Å²) >= 11 is 0. The van der Waals surface area contributed by atoms with Gasteiger partial charge in [-0.25, -0.2) is 14.6 Å². The van der Waals surface area contributed by atoms with E-state index in [1.54, 1.807) is 11.0 Å². The molecule has 0 saturated carbocycles. The van der Waals surface area contributed by atoms with Gasteiger partial charge in [0.05, 0.1) is 6.54 Å². The zero-order valence-electron chi connectivity index (χ0n) is 15.5. The van der Waals surface area contributed by atoms with Crippen molar-refractivity contribution in [2.45, 2.75) is 19.8 Å². The summed E-state index contributed by atoms with van der Waals surface area (Å²) in [5, 5.41) is 8.24. The number of hydrogen-bond donors (Lipinski definition) is 0. The van der Waals surface area contributed by atoms with Gasteiger partial charge in [0.2, 0.25) is 5.91 Å². The molecule has 0 radical (unpaired) electrons. The number of likely N-dealkylation sites (tertiary alicyclic amines) is 1. The molecule has 0 aliphatic carbocycles. The van der Waals surface area contributed by atoms with Crippen molar-refractivity contribution in [3.05, 3.63) is 6.33 Å². The van der Waals surface area contributed by atoms with E-state index in [1.165, 1.54) is 0 Å². The Morgan fingerprint density at radius 1 is 1.12 bits per heavy atom. The van der Waals surface area contributed by atoms with E-state index in [0.29, 0.717) is 6.54 Å². The molecule has 0 bridgehead atoms. The summed E-state index contributed by atoms with van der Waals surface area (Å²) in [5.74, 6) is 1.84. The maximum Gasteiger partial charge on any atom is 0.236 e. The van der Waals surface area contributed by atoms with Crippen LogP contribution >= 0.6 is 0 Å². The first-order valence-electron chi connectivity index (χ1n) is 9.37. The molecule has 9 nitrogen and oxygen atoms in total. The van der Waals surface area contributed by atoms with E-state index in [1.807, 2.05) is 11.9 Å². The number of amides is 1. The molecule has 2 fully saturated rings. The average molecular weight is 358 g/mol. The minimum absolute atomic E-state index is 0.267. The lowest BCUT2D eigenvalue weighted by atomic mass is 9.99. The molecule has 0 aromatic carbocycles. The number of aromatic nitrogens is 5. The van der Waals surface area contributed by atoms with Crippen molar-refractivity contribution in [3.8, 4) is 0 Å². The Kier molecular flexibility index (Phi) is 4.71. The van der Waals surface area contributed by atoms with Crippen LogP contribution in [0, 0.1) is 5.92 Å². The highest BCUT2D eigenvalue weighted by Crippen LogP contribution is 2.21. The quantitative estimate of drug-likeness (QED) is 0.772. The second kappa shape index (κ2) is 7.14. The fraction of sp³-hybridized carbons (Fsp3) is 0.706. The zero-order valence-corrected chi connectivity index (χ0v) is 15.5. The van der Waals surface area contributed by atoms with Crippen molar-refractivity contribution in [3.63, 3.8) is 0 Å². The van der Waals surface area contributed by atoms with E-state index in [-0.39, 0.29) is 5.91 Å². The number of carbonyl (C=O) groups excluding carboxylic acids is 1. The largest absolute Gasteiger partial charge is 0.352 e. The van der Waals surface area contributed by atoms with E-state index in [2.05, 4.69) is 37.0 Å². The van der Waals surface area contributed by atoms with Crippen LogP contribution in [0.15, 0.2) is 6.33 Å². The fourth-order valence-corrected chi connectivity index (χ4v) is 3.74. The number of piperazine rings is 1. The Balaban J connectivity index is 1.34. The van der Waals surface area contributed by atoms with E-state index >= 15 is 0 Å². The summed E-state index contributed by atoms with van der Waals surface area (Å²) in [6.07, 6.45) is 3.82. The molecule has 26 heavy (non-hydrogen) atoms. The number of carbonyl (C=O) groups is 1. The highest BCUT2D eigenvalue weighted by atomic mass is 16.2. The third-order valence-corrected chi connectivity index (χ3v) is 5.54. The number of anilines is 1. The molecule has 2 aromatic heterocycles. The van der Waals surface area contributed by atoms with E-state index < -0.39 is 0 Å². The molecule has 0 spiro atoms. The molecule has 2 aromatic rings. The van der Waals surface area contributed by atoms with Crippen molar-refractivity contribution in [2.24, 2.45) is 13.0 Å². The Bertz CT molecular complexity index is 774. The Morgan fingerprint density at radius 2 is 1.85 bits per heavy atom. The van der Waals surface area contributed by atoms with Crippen LogP contribution in [0.5, 0.6) is 0 Å². The lowest BCUT2D eigenvalue weighted by Crippen LogP contribution is -2.51. The topological polar surface area (TPSA) is 83.3 Å². The maximum absolute atomic E-state index is 12.5. The second-order valence-electron chi connectivity index (χ2n) is 7.41. The third kappa shape index (κ3) is 3.35. The first-order valence-corrected chi connectivity index (χ1v) is 9.37. The van der Waals surface area contributed by atoms with Crippen LogP contribution in [-0.2, 0) is 11.8 Å². The number of piperidine rings is 1. The molecule has 2 saturated heterocycles. The molecule has 4 heterocycles. The van der Waals surface area contributed by atoms with Crippen LogP contribution in [0.4, 0.5) is 5.82 Å². The standard InChI is InChI=1S/C17H26N8O/c1-13-3-5-24(6-4-13)14(26)11-23-7-9-25(10-8-23)17-15-16(18-12-19-17)22(2)21-20-15/h12-13H,3-11H2,1-2H3. The lowest BCUT2D eigenvalue weighted by molar-refractivity contribution is -0.133. The van der Waals surface area contributed by atoms with Gasteiger partial charge in [0, 0.05) is 46.3 Å². The molecule has 2 aliphatic heterocycles. The van der Waals surface area contributed by atoms with Gasteiger partial charge in [-0.3, -0.25) is 9.69 Å². The van der Waals surface area contributed by atoms with E-state index in [0.717, 1.165) is 75.0 Å². The minimum Gasteiger partial charge on any atom is -0.352 e. The van der Waals surface area contributed by atoms with Crippen molar-refractivity contribution < 1.29 is 4.79 Å². The number of hydrogen-bond acceptors (Lipinski definition) is 7. The summed E-state index contributed by atoms with van der Waals surface area (Å²) in [6, 6.07) is 0. The van der Waals surface area contributed by atoms with Crippen LogP contribution in [0.25, 0.3) is 11.2 Å². The molecule has 9 heteroatoms. The Labute approximate surface area is 153 Å². The molecule has 0 atom stereocenters. The van der Waals surface area contributed by atoms with Crippen molar-refractivity contribution in [1.29, 1.82) is 0 Å². The highest BCUT2D eigenvalue weighted by Gasteiger charge is 2.26. The second-order valence-corrected chi connectivity index (χ2v) is 7.41. The molecule has 140 valence electrons. The van der Waals surface area contributed by atoms with Gasteiger partial charge in [-0.05, 0) is 18.8 Å². The number of nitrogens with zero attached hydrogens (tertiary/aromatic N) is 8. The van der Waals surface area contributed by atoms with Gasteiger partial charge in [0.25, 0.3) is 0 Å². The first-order chi connectivity index (χ1) is 12.6. The smallest absolute Gasteiger partial charge is 0.236 e. The predicted octanol–water partition coefficient (Wildman–Crippen LogP) is 0.139. The van der Waals surface area contributed by atoms with Crippen LogP contribution in [0.3, 0.4) is 0 Å². The monoisotopic (exact) mass is 358 g/mol. The van der Waals surface area contributed by atoms with Crippen molar-refractivity contribution >= 4 is 22.9 Å². The molecule has 0 N–H and O–H groups in total. The molecule has 0 unspecified atom stereocenters. The number of rotatable bonds is 3. The van der Waals surface area contributed by atoms with Crippen LogP contribution < -0.4 is 4.90 Å². The third-order valence-electron chi connectivity index (χ3n) is 5.54. The van der Waals surface area contributed by atoms with Crippen LogP contribution in [0.2, 0.25) is 0 Å². The fourth-order valence-electron chi connectivity index (χ4n) is 3.74. The van der Waals surface area contributed by atoms with Gasteiger partial charge >= 0.3 is 0 Å². The molecular weight excluding hydrogens is 332 g/mol. The minimum atomic E-state index is 0.267. The van der Waals surface area contributed by atoms with Gasteiger partial charge in [-0.1, -0.05) is 12.1 Å². The summed E-state index contributed by atoms with van der Waals surface area (Å²) < 4.78 is 1.66. The van der Waals surface area contributed by atoms with Crippen LogP contribution in [-0.4, -0.2) is 86.5 Å². The Hall–Kier alpha value is -2.29. The van der Waals surface area contributed by atoms with Gasteiger partial charge in [-0.2, -0.15) is 0 Å². The molecular formula is C17H26N8O. The highest BCUT2D eigenvalue weighted by molar-refractivity contribution is 5.82. The summed E-state index contributed by atoms with van der Waals surface area (Å²) in [4.78, 5) is 27.7. The average Bonchev–Trinajstić information content (AvgIpc) is 3.04. The zero-order chi connectivity index (χ0) is 18.1. The van der Waals surface area contributed by atoms with Crippen LogP contribution in [0.1, 0.15) is 19.8 Å². The van der Waals surface area contributed by atoms with Gasteiger partial charge in [-0.15, -0.1) is 5.10 Å². The summed E-state index contributed by atoms with van der Waals surface area (Å²) in [7, 11) is 1.83. The summed E-state index contributed by atoms with van der Waals surface area (Å²) in [5.41, 5.74) is 1.48. The van der Waals surface area contributed by atoms with Gasteiger partial charge in [0.15, 0.2) is 17.0 Å². The van der Waals surface area contributed by atoms with Crippen molar-refractivity contribution in [2.75, 3.05) is 50.7 Å². The van der Waals surface area contributed by atoms with Gasteiger partial charge < -0.3 is 9.80 Å². The SMILES string of the molecule is CC1CCN(C(=O)CN2CCN(c3ncnc4c3nnn4C)CC2)CC1. The number of aryl methyl sites for hydroxylation is 1. The summed E-state index contributed by atoms with van der Waals surface area (Å²) in [6.45, 7) is 7.95. The Morgan fingerprint density at radius 3 is 2.58 bits per heavy atom. The predicted molar refractivity (Wildman–Crippen MR) is 97.7 cm³/mol. The lowest BCUT2D eigenvalue weighted by Gasteiger charge is -2.37. The first kappa shape index (κ1) is 17.1. The molecule has 4 rings (SSSR count). The van der Waals surface area contributed by atoms with Crippen molar-refractivity contribution in [1.82, 2.24) is 34.8 Å². The molecule has 1 amide bonds. The van der Waals surface area contributed by atoms with Gasteiger partial charge in [0.1, 0.15) is 6.33 Å². The number of fused-ring (bicyclic) bond motifs is 1. The molecule has 2 aliphatic rings. The normalized spacial score (nSPS) is 20.1.